The van der Waals surface area contributed by atoms with Gasteiger partial charge in [0.15, 0.2) is 0 Å². The van der Waals surface area contributed by atoms with Gasteiger partial charge in [-0.25, -0.2) is 14.2 Å². The van der Waals surface area contributed by atoms with E-state index in [1.165, 1.54) is 34.3 Å². The number of aromatic hydroxyl groups is 1. The number of benzene rings is 1. The highest BCUT2D eigenvalue weighted by molar-refractivity contribution is 7.17. The van der Waals surface area contributed by atoms with Crippen LogP contribution in [0.3, 0.4) is 0 Å². The summed E-state index contributed by atoms with van der Waals surface area (Å²) in [5.74, 6) is -0.316. The van der Waals surface area contributed by atoms with Crippen LogP contribution < -0.4 is 5.32 Å². The van der Waals surface area contributed by atoms with Crippen LogP contribution in [-0.4, -0.2) is 55.4 Å². The van der Waals surface area contributed by atoms with Gasteiger partial charge < -0.3 is 15.2 Å². The molecule has 0 spiro atoms. The zero-order chi connectivity index (χ0) is 22.2. The molecule has 10 heteroatoms. The summed E-state index contributed by atoms with van der Waals surface area (Å²) >= 11 is 1.34. The number of carbonyl (C=O) groups excluding carboxylic acids is 1. The van der Waals surface area contributed by atoms with Crippen molar-refractivity contribution in [3.63, 3.8) is 0 Å². The molecule has 1 fully saturated rings. The van der Waals surface area contributed by atoms with Crippen LogP contribution in [0.25, 0.3) is 4.96 Å². The maximum atomic E-state index is 14.0. The van der Waals surface area contributed by atoms with Crippen molar-refractivity contribution in [2.75, 3.05) is 13.1 Å². The maximum absolute atomic E-state index is 14.0. The predicted octanol–water partition coefficient (Wildman–Crippen LogP) is 3.71. The summed E-state index contributed by atoms with van der Waals surface area (Å²) in [7, 11) is 0. The highest BCUT2D eigenvalue weighted by Crippen LogP contribution is 2.40. The highest BCUT2D eigenvalue weighted by Gasteiger charge is 2.33. The molecule has 3 aromatic rings. The molecule has 0 radical (unpaired) electrons. The second kappa shape index (κ2) is 8.43. The fraction of sp³-hybridized carbons (Fsp3) is 0.476. The summed E-state index contributed by atoms with van der Waals surface area (Å²) in [6.45, 7) is 6.82. The number of halogens is 1. The molecule has 1 aliphatic rings. The van der Waals surface area contributed by atoms with Gasteiger partial charge in [-0.2, -0.15) is 9.61 Å². The molecule has 1 atom stereocenters. The van der Waals surface area contributed by atoms with Crippen LogP contribution >= 0.6 is 11.3 Å². The number of ether oxygens (including phenoxy) is 1. The average Bonchev–Trinajstić information content (AvgIpc) is 3.26. The van der Waals surface area contributed by atoms with E-state index in [1.54, 1.807) is 6.07 Å². The van der Waals surface area contributed by atoms with Gasteiger partial charge in [0.2, 0.25) is 10.8 Å². The lowest BCUT2D eigenvalue weighted by atomic mass is 9.98. The van der Waals surface area contributed by atoms with Gasteiger partial charge in [0.25, 0.3) is 0 Å². The first kappa shape index (κ1) is 21.5. The molecule has 1 unspecified atom stereocenters. The molecule has 0 aliphatic carbocycles. The van der Waals surface area contributed by atoms with E-state index < -0.39 is 11.7 Å². The van der Waals surface area contributed by atoms with Gasteiger partial charge in [0.05, 0.1) is 10.9 Å². The van der Waals surface area contributed by atoms with Gasteiger partial charge in [-0.15, -0.1) is 0 Å². The topological polar surface area (TPSA) is 92.0 Å². The summed E-state index contributed by atoms with van der Waals surface area (Å²) in [6.07, 6.45) is 2.40. The molecule has 2 N–H and O–H groups in total. The van der Waals surface area contributed by atoms with Gasteiger partial charge in [0, 0.05) is 19.1 Å². The van der Waals surface area contributed by atoms with Crippen LogP contribution in [0.5, 0.6) is 5.88 Å². The van der Waals surface area contributed by atoms with Gasteiger partial charge in [0.1, 0.15) is 17.7 Å². The Labute approximate surface area is 183 Å². The predicted molar refractivity (Wildman–Crippen MR) is 115 cm³/mol. The Morgan fingerprint density at radius 1 is 1.35 bits per heavy atom. The first-order valence-corrected chi connectivity index (χ1v) is 11.0. The van der Waals surface area contributed by atoms with Crippen molar-refractivity contribution in [2.24, 2.45) is 0 Å². The summed E-state index contributed by atoms with van der Waals surface area (Å²) in [5, 5.41) is 17.8. The Bertz CT molecular complexity index is 1070. The minimum atomic E-state index is -0.546. The average molecular weight is 448 g/mol. The number of carbonyl (C=O) groups is 1. The van der Waals surface area contributed by atoms with E-state index in [-0.39, 0.29) is 23.8 Å². The SMILES string of the molecule is CC(C)(C)OC(=O)NC1CCN(C(c2cccc(F)c2)c2sc3ncnn3c2O)CC1. The summed E-state index contributed by atoms with van der Waals surface area (Å²) in [5.41, 5.74) is 0.202. The number of piperidine rings is 1. The van der Waals surface area contributed by atoms with Crippen LogP contribution in [-0.2, 0) is 4.74 Å². The van der Waals surface area contributed by atoms with Gasteiger partial charge in [-0.3, -0.25) is 4.90 Å². The zero-order valence-electron chi connectivity index (χ0n) is 17.7. The number of rotatable bonds is 4. The molecule has 166 valence electrons. The number of hydrogen-bond acceptors (Lipinski definition) is 7. The second-order valence-corrected chi connectivity index (χ2v) is 9.67. The third-order valence-corrected chi connectivity index (χ3v) is 6.25. The molecule has 3 heterocycles. The van der Waals surface area contributed by atoms with Crippen molar-refractivity contribution in [3.8, 4) is 5.88 Å². The smallest absolute Gasteiger partial charge is 0.407 e. The number of likely N-dealkylation sites (tertiary alicyclic amines) is 1. The lowest BCUT2D eigenvalue weighted by Crippen LogP contribution is -2.47. The number of nitrogens with zero attached hydrogens (tertiary/aromatic N) is 4. The Kier molecular flexibility index (Phi) is 5.85. The van der Waals surface area contributed by atoms with E-state index in [2.05, 4.69) is 20.3 Å². The van der Waals surface area contributed by atoms with E-state index in [9.17, 15) is 14.3 Å². The van der Waals surface area contributed by atoms with Crippen LogP contribution in [0.15, 0.2) is 30.6 Å². The van der Waals surface area contributed by atoms with Gasteiger partial charge >= 0.3 is 6.09 Å². The summed E-state index contributed by atoms with van der Waals surface area (Å²) in [6, 6.07) is 6.07. The maximum Gasteiger partial charge on any atom is 0.407 e. The van der Waals surface area contributed by atoms with Crippen LogP contribution in [0.2, 0.25) is 0 Å². The van der Waals surface area contributed by atoms with Crippen molar-refractivity contribution in [3.05, 3.63) is 46.9 Å². The minimum Gasteiger partial charge on any atom is -0.492 e. The second-order valence-electron chi connectivity index (χ2n) is 8.66. The van der Waals surface area contributed by atoms with E-state index in [0.717, 1.165) is 5.56 Å². The molecule has 8 nitrogen and oxygen atoms in total. The Hall–Kier alpha value is -2.72. The number of alkyl carbamates (subject to hydrolysis) is 1. The van der Waals surface area contributed by atoms with Crippen molar-refractivity contribution in [1.29, 1.82) is 0 Å². The first-order valence-electron chi connectivity index (χ1n) is 10.2. The Morgan fingerprint density at radius 3 is 2.74 bits per heavy atom. The molecular weight excluding hydrogens is 421 g/mol. The van der Waals surface area contributed by atoms with E-state index in [0.29, 0.717) is 35.8 Å². The Morgan fingerprint density at radius 2 is 2.10 bits per heavy atom. The molecule has 1 amide bonds. The highest BCUT2D eigenvalue weighted by atomic mass is 32.1. The Balaban J connectivity index is 1.54. The standard InChI is InChI=1S/C21H26FN5O3S/c1-21(2,3)30-20(29)25-15-7-9-26(10-8-15)16(13-5-4-6-14(22)11-13)17-18(28)27-19(31-17)23-12-24-27/h4-6,11-12,15-16,28H,7-10H2,1-3H3,(H,25,29). The fourth-order valence-corrected chi connectivity index (χ4v) is 4.94. The summed E-state index contributed by atoms with van der Waals surface area (Å²) in [4.78, 5) is 19.7. The molecule has 1 saturated heterocycles. The van der Waals surface area contributed by atoms with Crippen molar-refractivity contribution in [1.82, 2.24) is 24.8 Å². The number of hydrogen-bond donors (Lipinski definition) is 2. The molecule has 4 rings (SSSR count). The molecule has 1 aliphatic heterocycles. The van der Waals surface area contributed by atoms with Crippen molar-refractivity contribution >= 4 is 22.4 Å². The third-order valence-electron chi connectivity index (χ3n) is 5.17. The molecule has 31 heavy (non-hydrogen) atoms. The normalized spacial score (nSPS) is 17.0. The van der Waals surface area contributed by atoms with E-state index in [1.807, 2.05) is 26.8 Å². The molecule has 0 saturated carbocycles. The van der Waals surface area contributed by atoms with Gasteiger partial charge in [-0.05, 0) is 51.3 Å². The minimum absolute atomic E-state index is 0.00447. The lowest BCUT2D eigenvalue weighted by molar-refractivity contribution is 0.0472. The van der Waals surface area contributed by atoms with E-state index >= 15 is 0 Å². The number of amides is 1. The van der Waals surface area contributed by atoms with Crippen molar-refractivity contribution < 1.29 is 19.0 Å². The number of fused-ring (bicyclic) bond motifs is 1. The molecule has 1 aromatic carbocycles. The molecule has 2 aromatic heterocycles. The van der Waals surface area contributed by atoms with E-state index in [4.69, 9.17) is 4.74 Å². The van der Waals surface area contributed by atoms with Crippen LogP contribution in [0.1, 0.15) is 50.1 Å². The molecule has 0 bridgehead atoms. The number of aromatic nitrogens is 3. The zero-order valence-corrected chi connectivity index (χ0v) is 18.5. The number of nitrogens with one attached hydrogen (secondary N) is 1. The monoisotopic (exact) mass is 447 g/mol. The lowest BCUT2D eigenvalue weighted by Gasteiger charge is -2.37. The molecular formula is C21H26FN5O3S. The van der Waals surface area contributed by atoms with Crippen LogP contribution in [0, 0.1) is 5.82 Å². The third kappa shape index (κ3) is 4.80. The summed E-state index contributed by atoms with van der Waals surface area (Å²) < 4.78 is 20.8. The quantitative estimate of drug-likeness (QED) is 0.634. The van der Waals surface area contributed by atoms with Gasteiger partial charge in [-0.1, -0.05) is 23.5 Å². The van der Waals surface area contributed by atoms with Crippen molar-refractivity contribution in [2.45, 2.75) is 51.3 Å². The fourth-order valence-electron chi connectivity index (χ4n) is 3.85. The first-order chi connectivity index (χ1) is 14.7. The number of thiazole rings is 1. The largest absolute Gasteiger partial charge is 0.492 e. The van der Waals surface area contributed by atoms with Crippen LogP contribution in [0.4, 0.5) is 9.18 Å².